The fraction of sp³-hybridized carbons (Fsp3) is 0.400. The molecule has 1 fully saturated rings. The molecule has 1 amide bonds. The van der Waals surface area contributed by atoms with Crippen molar-refractivity contribution in [2.75, 3.05) is 37.5 Å². The van der Waals surface area contributed by atoms with E-state index < -0.39 is 17.6 Å². The van der Waals surface area contributed by atoms with Gasteiger partial charge in [0.1, 0.15) is 0 Å². The maximum Gasteiger partial charge on any atom is 0.417 e. The first-order valence-electron chi connectivity index (χ1n) is 13.9. The van der Waals surface area contributed by atoms with E-state index >= 15 is 0 Å². The van der Waals surface area contributed by atoms with Crippen LogP contribution in [0.2, 0.25) is 5.02 Å². The van der Waals surface area contributed by atoms with Crippen LogP contribution in [-0.4, -0.2) is 58.7 Å². The predicted octanol–water partition coefficient (Wildman–Crippen LogP) is 5.12. The zero-order valence-electron chi connectivity index (χ0n) is 25.0. The number of piperidine rings is 1. The maximum absolute atomic E-state index is 14.0. The first-order valence-corrected chi connectivity index (χ1v) is 14.2. The molecular formula is C30H38ClF3N8O. The van der Waals surface area contributed by atoms with E-state index in [9.17, 15) is 18.0 Å². The van der Waals surface area contributed by atoms with Crippen molar-refractivity contribution in [2.45, 2.75) is 45.5 Å². The summed E-state index contributed by atoms with van der Waals surface area (Å²) in [4.78, 5) is 17.5. The summed E-state index contributed by atoms with van der Waals surface area (Å²) < 4.78 is 43.6. The van der Waals surface area contributed by atoms with Gasteiger partial charge in [0.25, 0.3) is 5.91 Å². The monoisotopic (exact) mass is 618 g/mol. The Morgan fingerprint density at radius 2 is 1.86 bits per heavy atom. The Bertz CT molecular complexity index is 1510. The number of alkyl halides is 3. The van der Waals surface area contributed by atoms with Crippen molar-refractivity contribution in [3.8, 4) is 0 Å². The normalized spacial score (nSPS) is 15.3. The van der Waals surface area contributed by atoms with Crippen LogP contribution in [0.3, 0.4) is 0 Å². The number of carbonyl (C=O) groups excluding carboxylic acids is 1. The summed E-state index contributed by atoms with van der Waals surface area (Å²) in [7, 11) is 5.85. The highest BCUT2D eigenvalue weighted by Crippen LogP contribution is 2.39. The fourth-order valence-corrected chi connectivity index (χ4v) is 5.49. The van der Waals surface area contributed by atoms with Gasteiger partial charge in [-0.15, -0.1) is 0 Å². The van der Waals surface area contributed by atoms with Gasteiger partial charge in [-0.05, 0) is 89.3 Å². The number of rotatable bonds is 8. The highest BCUT2D eigenvalue weighted by molar-refractivity contribution is 6.32. The largest absolute Gasteiger partial charge is 0.417 e. The molecule has 0 spiro atoms. The van der Waals surface area contributed by atoms with Crippen LogP contribution in [0.15, 0.2) is 42.7 Å². The summed E-state index contributed by atoms with van der Waals surface area (Å²) in [5, 5.41) is 7.76. The average Bonchev–Trinajstić information content (AvgIpc) is 3.27. The lowest BCUT2D eigenvalue weighted by Crippen LogP contribution is -2.41. The molecule has 0 radical (unpaired) electrons. The number of nitrogens with two attached hydrogens (primary N) is 2. The van der Waals surface area contributed by atoms with E-state index in [4.69, 9.17) is 23.2 Å². The van der Waals surface area contributed by atoms with E-state index in [1.54, 1.807) is 36.1 Å². The zero-order valence-corrected chi connectivity index (χ0v) is 25.7. The Labute approximate surface area is 254 Å². The van der Waals surface area contributed by atoms with Gasteiger partial charge in [0, 0.05) is 48.3 Å². The van der Waals surface area contributed by atoms with Crippen molar-refractivity contribution in [2.24, 2.45) is 18.6 Å². The second-order valence-electron chi connectivity index (χ2n) is 11.2. The van der Waals surface area contributed by atoms with Gasteiger partial charge in [0.2, 0.25) is 0 Å². The molecule has 1 saturated heterocycles. The molecule has 0 aliphatic carbocycles. The number of amides is 1. The lowest BCUT2D eigenvalue weighted by atomic mass is 10.0. The van der Waals surface area contributed by atoms with E-state index in [1.165, 1.54) is 17.3 Å². The van der Waals surface area contributed by atoms with Gasteiger partial charge in [-0.1, -0.05) is 17.7 Å². The van der Waals surface area contributed by atoms with Crippen LogP contribution in [-0.2, 0) is 19.8 Å². The summed E-state index contributed by atoms with van der Waals surface area (Å²) >= 11 is 6.28. The molecule has 9 nitrogen and oxygen atoms in total. The average molecular weight is 619 g/mol. The number of hydrazine groups is 1. The quantitative estimate of drug-likeness (QED) is 0.237. The van der Waals surface area contributed by atoms with Crippen LogP contribution in [0.4, 0.5) is 24.5 Å². The SMILES string of the molecule is Cc1ccc(C(=O)Nc2cc(CN3CCC(N(C)C)CC3)c(Cl)c(C(F)(F)F)c2)cc1N(N)/C=C(\N)c1cnn(C)c1C. The van der Waals surface area contributed by atoms with Crippen molar-refractivity contribution < 1.29 is 18.0 Å². The van der Waals surface area contributed by atoms with Crippen molar-refractivity contribution in [3.63, 3.8) is 0 Å². The van der Waals surface area contributed by atoms with Crippen LogP contribution in [0.25, 0.3) is 5.70 Å². The predicted molar refractivity (Wildman–Crippen MR) is 164 cm³/mol. The molecule has 232 valence electrons. The van der Waals surface area contributed by atoms with Gasteiger partial charge < -0.3 is 16.0 Å². The topological polar surface area (TPSA) is 109 Å². The first kappa shape index (κ1) is 32.3. The second-order valence-corrected chi connectivity index (χ2v) is 11.6. The highest BCUT2D eigenvalue weighted by atomic mass is 35.5. The summed E-state index contributed by atoms with van der Waals surface area (Å²) in [5.74, 6) is 5.71. The first-order chi connectivity index (χ1) is 20.1. The molecule has 0 bridgehead atoms. The molecular weight excluding hydrogens is 581 g/mol. The number of hydrogen-bond acceptors (Lipinski definition) is 7. The number of carbonyl (C=O) groups is 1. The van der Waals surface area contributed by atoms with Crippen molar-refractivity contribution in [1.82, 2.24) is 19.6 Å². The number of aromatic nitrogens is 2. The molecule has 1 aromatic heterocycles. The molecule has 0 unspecified atom stereocenters. The third kappa shape index (κ3) is 7.50. The standard InChI is InChI=1S/C30H38ClF3N8O/c1-18-6-7-20(13-27(18)42(36)17-26(35)24-15-37-40(5)19(24)2)29(43)38-22-12-21(28(31)25(14-22)30(32,33)34)16-41-10-8-23(9-11-41)39(3)4/h6-7,12-15,17,23H,8-11,16,35-36H2,1-5H3,(H,38,43)/b26-17-. The van der Waals surface area contributed by atoms with Crippen LogP contribution in [0.5, 0.6) is 0 Å². The Balaban J connectivity index is 1.57. The molecule has 1 aliphatic heterocycles. The van der Waals surface area contributed by atoms with Crippen molar-refractivity contribution in [1.29, 1.82) is 0 Å². The van der Waals surface area contributed by atoms with E-state index in [0.29, 0.717) is 28.6 Å². The molecule has 0 atom stereocenters. The van der Waals surface area contributed by atoms with Gasteiger partial charge in [-0.2, -0.15) is 18.3 Å². The summed E-state index contributed by atoms with van der Waals surface area (Å²) in [6, 6.07) is 7.65. The molecule has 5 N–H and O–H groups in total. The highest BCUT2D eigenvalue weighted by Gasteiger charge is 2.35. The van der Waals surface area contributed by atoms with E-state index in [0.717, 1.165) is 43.3 Å². The van der Waals surface area contributed by atoms with E-state index in [2.05, 4.69) is 20.2 Å². The third-order valence-electron chi connectivity index (χ3n) is 7.97. The number of aryl methyl sites for hydroxylation is 2. The Kier molecular flexibility index (Phi) is 9.75. The minimum atomic E-state index is -4.69. The smallest absolute Gasteiger partial charge is 0.397 e. The number of halogens is 4. The number of nitrogens with zero attached hydrogens (tertiary/aromatic N) is 5. The lowest BCUT2D eigenvalue weighted by molar-refractivity contribution is -0.137. The van der Waals surface area contributed by atoms with Gasteiger partial charge >= 0.3 is 6.18 Å². The Hall–Kier alpha value is -3.58. The van der Waals surface area contributed by atoms with Gasteiger partial charge in [-0.25, -0.2) is 5.84 Å². The summed E-state index contributed by atoms with van der Waals surface area (Å²) in [5.41, 5.74) is 8.97. The van der Waals surface area contributed by atoms with Crippen LogP contribution < -0.4 is 21.9 Å². The van der Waals surface area contributed by atoms with Crippen molar-refractivity contribution >= 4 is 34.6 Å². The number of hydrogen-bond donors (Lipinski definition) is 3. The maximum atomic E-state index is 14.0. The van der Waals surface area contributed by atoms with E-state index in [1.807, 2.05) is 27.9 Å². The van der Waals surface area contributed by atoms with Gasteiger partial charge in [0.05, 0.1) is 28.2 Å². The molecule has 2 heterocycles. The lowest BCUT2D eigenvalue weighted by Gasteiger charge is -2.35. The Morgan fingerprint density at radius 3 is 2.44 bits per heavy atom. The molecule has 2 aromatic carbocycles. The summed E-state index contributed by atoms with van der Waals surface area (Å²) in [6.45, 7) is 5.40. The minimum absolute atomic E-state index is 0.00262. The molecule has 13 heteroatoms. The molecule has 0 saturated carbocycles. The molecule has 4 rings (SSSR count). The number of nitrogens with one attached hydrogen (secondary N) is 1. The Morgan fingerprint density at radius 1 is 1.19 bits per heavy atom. The van der Waals surface area contributed by atoms with Crippen molar-refractivity contribution in [3.05, 3.63) is 81.3 Å². The van der Waals surface area contributed by atoms with Crippen LogP contribution >= 0.6 is 11.6 Å². The van der Waals surface area contributed by atoms with Crippen LogP contribution in [0, 0.1) is 13.8 Å². The fourth-order valence-electron chi connectivity index (χ4n) is 5.22. The number of benzene rings is 2. The van der Waals surface area contributed by atoms with E-state index in [-0.39, 0.29) is 22.8 Å². The van der Waals surface area contributed by atoms with Gasteiger partial charge in [-0.3, -0.25) is 19.4 Å². The minimum Gasteiger partial charge on any atom is -0.397 e. The third-order valence-corrected chi connectivity index (χ3v) is 8.41. The number of likely N-dealkylation sites (tertiary alicyclic amines) is 1. The number of anilines is 2. The second kappa shape index (κ2) is 13.0. The van der Waals surface area contributed by atoms with Crippen LogP contribution in [0.1, 0.15) is 51.1 Å². The molecule has 3 aromatic rings. The summed E-state index contributed by atoms with van der Waals surface area (Å²) in [6.07, 6.45) is 0.275. The van der Waals surface area contributed by atoms with Gasteiger partial charge in [0.15, 0.2) is 0 Å². The molecule has 43 heavy (non-hydrogen) atoms. The molecule has 1 aliphatic rings. The zero-order chi connectivity index (χ0) is 31.6.